The first-order valence-corrected chi connectivity index (χ1v) is 6.85. The summed E-state index contributed by atoms with van der Waals surface area (Å²) in [7, 11) is 0. The Hall–Kier alpha value is -1.09. The summed E-state index contributed by atoms with van der Waals surface area (Å²) in [6, 6.07) is 3.53. The van der Waals surface area contributed by atoms with E-state index in [2.05, 4.69) is 24.1 Å². The topological polar surface area (TPSA) is 42.0 Å². The minimum atomic E-state index is -0.121. The van der Waals surface area contributed by atoms with Gasteiger partial charge in [0, 0.05) is 17.3 Å². The molecular formula is C14H19ClN2O. The fourth-order valence-electron chi connectivity index (χ4n) is 2.85. The van der Waals surface area contributed by atoms with Gasteiger partial charge < -0.3 is 5.32 Å². The molecule has 0 radical (unpaired) electrons. The van der Waals surface area contributed by atoms with Gasteiger partial charge in [0.2, 0.25) is 0 Å². The Balaban J connectivity index is 1.99. The molecule has 1 aliphatic carbocycles. The molecule has 0 aromatic carbocycles. The highest BCUT2D eigenvalue weighted by atomic mass is 35.5. The molecular weight excluding hydrogens is 248 g/mol. The van der Waals surface area contributed by atoms with Crippen LogP contribution in [0.2, 0.25) is 5.02 Å². The lowest BCUT2D eigenvalue weighted by Crippen LogP contribution is -2.40. The standard InChI is InChI=1S/C14H19ClN2O/c1-9-5-10(2)7-12(6-9)17-14(18)13-8-11(15)3-4-16-13/h3-4,8-10,12H,5-7H2,1-2H3,(H,17,18). The molecule has 2 atom stereocenters. The SMILES string of the molecule is CC1CC(C)CC(NC(=O)c2cc(Cl)ccn2)C1. The highest BCUT2D eigenvalue weighted by Gasteiger charge is 2.25. The van der Waals surface area contributed by atoms with Gasteiger partial charge in [-0.05, 0) is 43.2 Å². The van der Waals surface area contributed by atoms with Gasteiger partial charge in [-0.1, -0.05) is 25.4 Å². The van der Waals surface area contributed by atoms with Gasteiger partial charge >= 0.3 is 0 Å². The van der Waals surface area contributed by atoms with Gasteiger partial charge in [0.25, 0.3) is 5.91 Å². The van der Waals surface area contributed by atoms with Crippen LogP contribution in [0.5, 0.6) is 0 Å². The molecule has 0 aliphatic heterocycles. The number of carbonyl (C=O) groups excluding carboxylic acids is 1. The van der Waals surface area contributed by atoms with Gasteiger partial charge in [-0.15, -0.1) is 0 Å². The van der Waals surface area contributed by atoms with Crippen LogP contribution in [-0.2, 0) is 0 Å². The number of halogens is 1. The number of pyridine rings is 1. The number of amides is 1. The largest absolute Gasteiger partial charge is 0.348 e. The van der Waals surface area contributed by atoms with Gasteiger partial charge in [-0.25, -0.2) is 0 Å². The molecule has 98 valence electrons. The summed E-state index contributed by atoms with van der Waals surface area (Å²) < 4.78 is 0. The van der Waals surface area contributed by atoms with Crippen LogP contribution < -0.4 is 5.32 Å². The zero-order valence-electron chi connectivity index (χ0n) is 10.8. The van der Waals surface area contributed by atoms with E-state index in [9.17, 15) is 4.79 Å². The first kappa shape index (κ1) is 13.3. The molecule has 18 heavy (non-hydrogen) atoms. The maximum absolute atomic E-state index is 12.0. The molecule has 2 unspecified atom stereocenters. The normalized spacial score (nSPS) is 27.8. The van der Waals surface area contributed by atoms with Crippen LogP contribution >= 0.6 is 11.6 Å². The minimum Gasteiger partial charge on any atom is -0.348 e. The van der Waals surface area contributed by atoms with E-state index in [-0.39, 0.29) is 11.9 Å². The van der Waals surface area contributed by atoms with Crippen molar-refractivity contribution in [2.24, 2.45) is 11.8 Å². The fourth-order valence-corrected chi connectivity index (χ4v) is 3.01. The van der Waals surface area contributed by atoms with Gasteiger partial charge in [-0.2, -0.15) is 0 Å². The zero-order valence-corrected chi connectivity index (χ0v) is 11.6. The van der Waals surface area contributed by atoms with E-state index in [1.54, 1.807) is 18.3 Å². The van der Waals surface area contributed by atoms with Crippen molar-refractivity contribution in [1.82, 2.24) is 10.3 Å². The molecule has 1 aromatic heterocycles. The van der Waals surface area contributed by atoms with Crippen LogP contribution in [0.4, 0.5) is 0 Å². The third-order valence-corrected chi connectivity index (χ3v) is 3.70. The molecule has 1 fully saturated rings. The summed E-state index contributed by atoms with van der Waals surface area (Å²) in [5, 5.41) is 3.61. The molecule has 1 aromatic rings. The second kappa shape index (κ2) is 5.70. The van der Waals surface area contributed by atoms with Gasteiger partial charge in [-0.3, -0.25) is 9.78 Å². The molecule has 2 rings (SSSR count). The predicted octanol–water partition coefficient (Wildman–Crippen LogP) is 3.29. The molecule has 0 bridgehead atoms. The Morgan fingerprint density at radius 1 is 1.33 bits per heavy atom. The summed E-state index contributed by atoms with van der Waals surface area (Å²) >= 11 is 5.86. The van der Waals surface area contributed by atoms with Crippen molar-refractivity contribution in [3.05, 3.63) is 29.0 Å². The Morgan fingerprint density at radius 3 is 2.61 bits per heavy atom. The Morgan fingerprint density at radius 2 is 2.00 bits per heavy atom. The highest BCUT2D eigenvalue weighted by Crippen LogP contribution is 2.28. The maximum atomic E-state index is 12.0. The lowest BCUT2D eigenvalue weighted by atomic mass is 9.80. The van der Waals surface area contributed by atoms with Gasteiger partial charge in [0.15, 0.2) is 0 Å². The van der Waals surface area contributed by atoms with Crippen molar-refractivity contribution in [3.63, 3.8) is 0 Å². The number of carbonyl (C=O) groups is 1. The summed E-state index contributed by atoms with van der Waals surface area (Å²) in [6.45, 7) is 4.49. The molecule has 3 nitrogen and oxygen atoms in total. The predicted molar refractivity (Wildman–Crippen MR) is 72.7 cm³/mol. The van der Waals surface area contributed by atoms with Crippen LogP contribution in [0, 0.1) is 11.8 Å². The maximum Gasteiger partial charge on any atom is 0.270 e. The Labute approximate surface area is 113 Å². The third kappa shape index (κ3) is 3.45. The highest BCUT2D eigenvalue weighted by molar-refractivity contribution is 6.30. The Kier molecular flexibility index (Phi) is 4.23. The monoisotopic (exact) mass is 266 g/mol. The molecule has 1 amide bonds. The van der Waals surface area contributed by atoms with Crippen LogP contribution in [0.3, 0.4) is 0 Å². The van der Waals surface area contributed by atoms with E-state index < -0.39 is 0 Å². The van der Waals surface area contributed by atoms with E-state index in [1.807, 2.05) is 0 Å². The number of rotatable bonds is 2. The Bertz CT molecular complexity index is 426. The van der Waals surface area contributed by atoms with Crippen molar-refractivity contribution in [3.8, 4) is 0 Å². The average Bonchev–Trinajstić information content (AvgIpc) is 2.27. The second-order valence-electron chi connectivity index (χ2n) is 5.45. The van der Waals surface area contributed by atoms with Crippen molar-refractivity contribution < 1.29 is 4.79 Å². The summed E-state index contributed by atoms with van der Waals surface area (Å²) in [4.78, 5) is 16.1. The molecule has 0 spiro atoms. The number of hydrogen-bond acceptors (Lipinski definition) is 2. The number of aromatic nitrogens is 1. The van der Waals surface area contributed by atoms with Crippen LogP contribution in [0.15, 0.2) is 18.3 Å². The third-order valence-electron chi connectivity index (χ3n) is 3.47. The lowest BCUT2D eigenvalue weighted by Gasteiger charge is -2.31. The van der Waals surface area contributed by atoms with E-state index in [0.717, 1.165) is 12.8 Å². The zero-order chi connectivity index (χ0) is 13.1. The number of nitrogens with zero attached hydrogens (tertiary/aromatic N) is 1. The average molecular weight is 267 g/mol. The molecule has 1 N–H and O–H groups in total. The smallest absolute Gasteiger partial charge is 0.270 e. The van der Waals surface area contributed by atoms with Crippen LogP contribution in [0.25, 0.3) is 0 Å². The van der Waals surface area contributed by atoms with E-state index >= 15 is 0 Å². The number of nitrogens with one attached hydrogen (secondary N) is 1. The first-order valence-electron chi connectivity index (χ1n) is 6.47. The van der Waals surface area contributed by atoms with Gasteiger partial charge in [0.05, 0.1) is 0 Å². The van der Waals surface area contributed by atoms with Crippen LogP contribution in [-0.4, -0.2) is 16.9 Å². The molecule has 1 heterocycles. The van der Waals surface area contributed by atoms with E-state index in [1.165, 1.54) is 6.42 Å². The van der Waals surface area contributed by atoms with Crippen molar-refractivity contribution in [1.29, 1.82) is 0 Å². The van der Waals surface area contributed by atoms with Crippen molar-refractivity contribution in [2.45, 2.75) is 39.2 Å². The first-order chi connectivity index (χ1) is 8.54. The van der Waals surface area contributed by atoms with Gasteiger partial charge in [0.1, 0.15) is 5.69 Å². The molecule has 1 aliphatic rings. The summed E-state index contributed by atoms with van der Waals surface area (Å²) in [6.07, 6.45) is 4.92. The molecule has 4 heteroatoms. The van der Waals surface area contributed by atoms with Crippen LogP contribution in [0.1, 0.15) is 43.6 Å². The second-order valence-corrected chi connectivity index (χ2v) is 5.88. The summed E-state index contributed by atoms with van der Waals surface area (Å²) in [5.41, 5.74) is 0.397. The summed E-state index contributed by atoms with van der Waals surface area (Å²) in [5.74, 6) is 1.22. The van der Waals surface area contributed by atoms with Crippen molar-refractivity contribution in [2.75, 3.05) is 0 Å². The number of hydrogen-bond donors (Lipinski definition) is 1. The van der Waals surface area contributed by atoms with E-state index in [0.29, 0.717) is 22.6 Å². The quantitative estimate of drug-likeness (QED) is 0.893. The minimum absolute atomic E-state index is 0.121. The molecule has 1 saturated carbocycles. The molecule has 0 saturated heterocycles. The van der Waals surface area contributed by atoms with E-state index in [4.69, 9.17) is 11.6 Å². The fraction of sp³-hybridized carbons (Fsp3) is 0.571. The lowest BCUT2D eigenvalue weighted by molar-refractivity contribution is 0.0906. The van der Waals surface area contributed by atoms with Crippen molar-refractivity contribution >= 4 is 17.5 Å².